The van der Waals surface area contributed by atoms with Gasteiger partial charge in [0.05, 0.1) is 11.6 Å². The Morgan fingerprint density at radius 3 is 2.63 bits per heavy atom. The van der Waals surface area contributed by atoms with Crippen molar-refractivity contribution >= 4 is 11.6 Å². The van der Waals surface area contributed by atoms with Crippen LogP contribution in [0.25, 0.3) is 0 Å². The van der Waals surface area contributed by atoms with Crippen molar-refractivity contribution in [2.75, 3.05) is 5.32 Å². The third-order valence-corrected chi connectivity index (χ3v) is 2.78. The zero-order valence-electron chi connectivity index (χ0n) is 10.6. The molecule has 0 bridgehead atoms. The molecule has 0 fully saturated rings. The van der Waals surface area contributed by atoms with Crippen molar-refractivity contribution in [2.24, 2.45) is 0 Å². The Labute approximate surface area is 111 Å². The molecule has 4 nitrogen and oxygen atoms in total. The number of hydrogen-bond acceptors (Lipinski definition) is 2. The second kappa shape index (κ2) is 5.78. The summed E-state index contributed by atoms with van der Waals surface area (Å²) in [6.07, 6.45) is 1.87. The molecule has 0 aliphatic rings. The highest BCUT2D eigenvalue weighted by Crippen LogP contribution is 2.08. The molecule has 4 heteroatoms. The normalized spacial score (nSPS) is 9.68. The summed E-state index contributed by atoms with van der Waals surface area (Å²) in [5.41, 5.74) is 2.29. The fourth-order valence-corrected chi connectivity index (χ4v) is 1.72. The average molecular weight is 252 g/mol. The van der Waals surface area contributed by atoms with Gasteiger partial charge in [-0.25, -0.2) is 0 Å². The van der Waals surface area contributed by atoms with E-state index >= 15 is 0 Å². The molecule has 1 aromatic carbocycles. The number of aromatic nitrogens is 1. The van der Waals surface area contributed by atoms with E-state index in [0.29, 0.717) is 11.3 Å². The fraction of sp³-hybridized carbons (Fsp3) is 0.133. The Bertz CT molecular complexity index is 627. The third-order valence-electron chi connectivity index (χ3n) is 2.78. The Morgan fingerprint density at radius 2 is 2.00 bits per heavy atom. The van der Waals surface area contributed by atoms with Gasteiger partial charge in [-0.05, 0) is 24.3 Å². The molecule has 0 saturated carbocycles. The van der Waals surface area contributed by atoms with Crippen LogP contribution in [0.2, 0.25) is 0 Å². The van der Waals surface area contributed by atoms with Gasteiger partial charge in [0.1, 0.15) is 0 Å². The Balaban J connectivity index is 2.01. The van der Waals surface area contributed by atoms with E-state index in [1.807, 2.05) is 42.0 Å². The molecule has 19 heavy (non-hydrogen) atoms. The maximum Gasteiger partial charge on any atom is 0.290 e. The first-order chi connectivity index (χ1) is 9.19. The first-order valence-corrected chi connectivity index (χ1v) is 5.94. The van der Waals surface area contributed by atoms with Crippen LogP contribution in [-0.2, 0) is 11.3 Å². The van der Waals surface area contributed by atoms with Crippen LogP contribution >= 0.6 is 0 Å². The number of hydrogen-bond donors (Lipinski definition) is 1. The molecule has 0 atom stereocenters. The smallest absolute Gasteiger partial charge is 0.290 e. The van der Waals surface area contributed by atoms with E-state index < -0.39 is 0 Å². The fourth-order valence-electron chi connectivity index (χ4n) is 1.72. The van der Waals surface area contributed by atoms with Crippen molar-refractivity contribution in [3.63, 3.8) is 0 Å². The largest absolute Gasteiger partial charge is 0.321 e. The molecule has 2 aromatic rings. The van der Waals surface area contributed by atoms with Gasteiger partial charge in [0.25, 0.3) is 5.91 Å². The molecular weight excluding hydrogens is 238 g/mol. The minimum Gasteiger partial charge on any atom is -0.321 e. The minimum atomic E-state index is -0.0935. The van der Waals surface area contributed by atoms with Gasteiger partial charge in [0, 0.05) is 24.7 Å². The summed E-state index contributed by atoms with van der Waals surface area (Å²) in [6, 6.07) is 14.6. The Hall–Kier alpha value is -2.67. The molecule has 94 valence electrons. The minimum absolute atomic E-state index is 0.0935. The zero-order chi connectivity index (χ0) is 13.7. The highest BCUT2D eigenvalue weighted by atomic mass is 16.1. The van der Waals surface area contributed by atoms with Crippen LogP contribution in [0.3, 0.4) is 0 Å². The molecule has 1 N–H and O–H groups in total. The van der Waals surface area contributed by atoms with Crippen LogP contribution in [0.4, 0.5) is 5.69 Å². The van der Waals surface area contributed by atoms with Crippen LogP contribution < -0.4 is 9.88 Å². The lowest BCUT2D eigenvalue weighted by atomic mass is 10.2. The first kappa shape index (κ1) is 12.8. The van der Waals surface area contributed by atoms with Gasteiger partial charge < -0.3 is 5.32 Å². The van der Waals surface area contributed by atoms with Gasteiger partial charge in [-0.2, -0.15) is 9.83 Å². The van der Waals surface area contributed by atoms with E-state index in [0.717, 1.165) is 5.69 Å². The molecule has 1 aromatic heterocycles. The number of nitriles is 1. The van der Waals surface area contributed by atoms with E-state index in [2.05, 4.69) is 5.32 Å². The summed E-state index contributed by atoms with van der Waals surface area (Å²) in [6.45, 7) is 2.22. The van der Waals surface area contributed by atoms with Gasteiger partial charge in [-0.15, -0.1) is 0 Å². The lowest BCUT2D eigenvalue weighted by Crippen LogP contribution is -2.42. The third kappa shape index (κ3) is 3.39. The molecule has 0 saturated heterocycles. The van der Waals surface area contributed by atoms with Gasteiger partial charge in [0.15, 0.2) is 11.9 Å². The number of carbonyl (C=O) groups excluding carboxylic acids is 1. The van der Waals surface area contributed by atoms with Crippen molar-refractivity contribution in [3.8, 4) is 6.07 Å². The average Bonchev–Trinajstić information content (AvgIpc) is 2.42. The maximum absolute atomic E-state index is 11.9. The van der Waals surface area contributed by atoms with E-state index in [-0.39, 0.29) is 12.5 Å². The number of nitrogens with zero attached hydrogens (tertiary/aromatic N) is 2. The molecule has 0 unspecified atom stereocenters. The molecule has 0 aliphatic heterocycles. The van der Waals surface area contributed by atoms with Gasteiger partial charge >= 0.3 is 0 Å². The van der Waals surface area contributed by atoms with Crippen LogP contribution in [-0.4, -0.2) is 5.91 Å². The lowest BCUT2D eigenvalue weighted by Gasteiger charge is -2.04. The second-order valence-electron chi connectivity index (χ2n) is 4.21. The van der Waals surface area contributed by atoms with Crippen LogP contribution in [0.1, 0.15) is 11.3 Å². The second-order valence-corrected chi connectivity index (χ2v) is 4.21. The summed E-state index contributed by atoms with van der Waals surface area (Å²) < 4.78 is 1.87. The van der Waals surface area contributed by atoms with Gasteiger partial charge in [-0.3, -0.25) is 4.79 Å². The van der Waals surface area contributed by atoms with Gasteiger partial charge in [-0.1, -0.05) is 6.07 Å². The number of amides is 1. The standard InChI is InChI=1S/C15H13N3O/c1-12-4-2-3-9-18(12)11-15(19)17-14-7-5-13(10-16)6-8-14/h2-9H,11H2,1H3/p+1. The monoisotopic (exact) mass is 252 g/mol. The van der Waals surface area contributed by atoms with E-state index in [1.165, 1.54) is 0 Å². The predicted octanol–water partition coefficient (Wildman–Crippen LogP) is 1.79. The predicted molar refractivity (Wildman–Crippen MR) is 71.2 cm³/mol. The number of pyridine rings is 1. The van der Waals surface area contributed by atoms with Gasteiger partial charge in [0.2, 0.25) is 6.54 Å². The summed E-state index contributed by atoms with van der Waals surface area (Å²) in [4.78, 5) is 11.9. The molecule has 2 rings (SSSR count). The van der Waals surface area contributed by atoms with Crippen molar-refractivity contribution in [2.45, 2.75) is 13.5 Å². The number of anilines is 1. The number of aryl methyl sites for hydroxylation is 1. The molecule has 1 heterocycles. The molecule has 0 radical (unpaired) electrons. The van der Waals surface area contributed by atoms with Crippen molar-refractivity contribution in [3.05, 3.63) is 59.9 Å². The summed E-state index contributed by atoms with van der Waals surface area (Å²) in [7, 11) is 0. The van der Waals surface area contributed by atoms with Crippen LogP contribution in [0.15, 0.2) is 48.7 Å². The molecule has 0 spiro atoms. The van der Waals surface area contributed by atoms with Crippen molar-refractivity contribution < 1.29 is 9.36 Å². The van der Waals surface area contributed by atoms with E-state index in [4.69, 9.17) is 5.26 Å². The number of nitrogens with one attached hydrogen (secondary N) is 1. The summed E-state index contributed by atoms with van der Waals surface area (Å²) in [5.74, 6) is -0.0935. The Morgan fingerprint density at radius 1 is 1.26 bits per heavy atom. The van der Waals surface area contributed by atoms with Crippen molar-refractivity contribution in [1.82, 2.24) is 0 Å². The highest BCUT2D eigenvalue weighted by Gasteiger charge is 2.11. The molecule has 1 amide bonds. The topological polar surface area (TPSA) is 56.8 Å². The van der Waals surface area contributed by atoms with Crippen LogP contribution in [0, 0.1) is 18.3 Å². The number of rotatable bonds is 3. The summed E-state index contributed by atoms with van der Waals surface area (Å²) in [5, 5.41) is 11.5. The van der Waals surface area contributed by atoms with Crippen molar-refractivity contribution in [1.29, 1.82) is 5.26 Å². The van der Waals surface area contributed by atoms with Crippen LogP contribution in [0.5, 0.6) is 0 Å². The maximum atomic E-state index is 11.9. The quantitative estimate of drug-likeness (QED) is 0.847. The lowest BCUT2D eigenvalue weighted by molar-refractivity contribution is -0.690. The zero-order valence-corrected chi connectivity index (χ0v) is 10.6. The van der Waals surface area contributed by atoms with E-state index in [9.17, 15) is 4.79 Å². The molecule has 0 aliphatic carbocycles. The highest BCUT2D eigenvalue weighted by molar-refractivity contribution is 5.89. The SMILES string of the molecule is Cc1cccc[n+]1CC(=O)Nc1ccc(C#N)cc1. The summed E-state index contributed by atoms with van der Waals surface area (Å²) >= 11 is 0. The number of carbonyl (C=O) groups is 1. The van der Waals surface area contributed by atoms with E-state index in [1.54, 1.807) is 24.3 Å². The Kier molecular flexibility index (Phi) is 3.89. The number of benzene rings is 1. The first-order valence-electron chi connectivity index (χ1n) is 5.94. The molecular formula is C15H14N3O+.